The fraction of sp³-hybridized carbons (Fsp3) is 1.00. The third kappa shape index (κ3) is 15.1. The van der Waals surface area contributed by atoms with Crippen LogP contribution in [0.1, 0.15) is 64.7 Å². The summed E-state index contributed by atoms with van der Waals surface area (Å²) in [6.07, 6.45) is 12.0. The third-order valence-corrected chi connectivity index (χ3v) is 2.61. The van der Waals surface area contributed by atoms with Crippen LogP contribution in [0.5, 0.6) is 0 Å². The Balaban J connectivity index is 0. The van der Waals surface area contributed by atoms with Gasteiger partial charge < -0.3 is 5.73 Å². The molecule has 0 aromatic rings. The molecular formula is C11H26ClNS. The number of halogens is 1. The molecule has 14 heavy (non-hydrogen) atoms. The van der Waals surface area contributed by atoms with E-state index in [0.717, 1.165) is 6.42 Å². The van der Waals surface area contributed by atoms with Gasteiger partial charge in [-0.05, 0) is 6.42 Å². The summed E-state index contributed by atoms with van der Waals surface area (Å²) in [4.78, 5) is 0. The number of unbranched alkanes of at least 4 members (excludes halogenated alkanes) is 7. The lowest BCUT2D eigenvalue weighted by molar-refractivity contribution is 0.562. The molecule has 1 nitrogen and oxygen atoms in total. The minimum Gasteiger partial charge on any atom is -0.320 e. The van der Waals surface area contributed by atoms with Crippen LogP contribution < -0.4 is 5.73 Å². The first-order valence-corrected chi connectivity index (χ1v) is 6.22. The van der Waals surface area contributed by atoms with Gasteiger partial charge in [0, 0.05) is 5.37 Å². The molecule has 0 spiro atoms. The van der Waals surface area contributed by atoms with Crippen LogP contribution in [0, 0.1) is 0 Å². The highest BCUT2D eigenvalue weighted by Gasteiger charge is 1.94. The van der Waals surface area contributed by atoms with Crippen molar-refractivity contribution in [3.05, 3.63) is 0 Å². The van der Waals surface area contributed by atoms with E-state index in [1.807, 2.05) is 0 Å². The highest BCUT2D eigenvalue weighted by atomic mass is 35.5. The van der Waals surface area contributed by atoms with Crippen LogP contribution in [-0.2, 0) is 0 Å². The van der Waals surface area contributed by atoms with Gasteiger partial charge in [0.1, 0.15) is 0 Å². The first kappa shape index (κ1) is 17.0. The molecule has 0 aromatic carbocycles. The van der Waals surface area contributed by atoms with E-state index >= 15 is 0 Å². The van der Waals surface area contributed by atoms with Gasteiger partial charge in [0.15, 0.2) is 0 Å². The summed E-state index contributed by atoms with van der Waals surface area (Å²) in [6, 6.07) is 0. The largest absolute Gasteiger partial charge is 0.320 e. The zero-order chi connectivity index (χ0) is 9.94. The van der Waals surface area contributed by atoms with Gasteiger partial charge in [0.25, 0.3) is 0 Å². The highest BCUT2D eigenvalue weighted by Crippen LogP contribution is 2.10. The Morgan fingerprint density at radius 3 is 1.79 bits per heavy atom. The van der Waals surface area contributed by atoms with Crippen LogP contribution in [0.15, 0.2) is 0 Å². The van der Waals surface area contributed by atoms with Gasteiger partial charge >= 0.3 is 0 Å². The normalized spacial score (nSPS) is 12.2. The van der Waals surface area contributed by atoms with Crippen molar-refractivity contribution in [2.45, 2.75) is 70.1 Å². The Bertz CT molecular complexity index is 99.3. The summed E-state index contributed by atoms with van der Waals surface area (Å²) < 4.78 is 0. The summed E-state index contributed by atoms with van der Waals surface area (Å²) in [7, 11) is 0. The first-order valence-electron chi connectivity index (χ1n) is 5.71. The monoisotopic (exact) mass is 239 g/mol. The summed E-state index contributed by atoms with van der Waals surface area (Å²) in [5.41, 5.74) is 5.54. The number of hydrogen-bond acceptors (Lipinski definition) is 2. The second-order valence-corrected chi connectivity index (χ2v) is 4.49. The smallest absolute Gasteiger partial charge is 0.0477 e. The van der Waals surface area contributed by atoms with Crippen LogP contribution in [0.2, 0.25) is 0 Å². The maximum atomic E-state index is 5.54. The molecule has 1 atom stereocenters. The molecule has 2 N–H and O–H groups in total. The quantitative estimate of drug-likeness (QED) is 0.353. The molecule has 0 aliphatic rings. The fourth-order valence-electron chi connectivity index (χ4n) is 1.49. The van der Waals surface area contributed by atoms with E-state index in [0.29, 0.717) is 0 Å². The molecule has 0 aliphatic carbocycles. The molecule has 0 saturated heterocycles. The second kappa shape index (κ2) is 13.6. The van der Waals surface area contributed by atoms with Crippen molar-refractivity contribution in [1.82, 2.24) is 0 Å². The van der Waals surface area contributed by atoms with E-state index in [4.69, 9.17) is 5.73 Å². The maximum Gasteiger partial charge on any atom is 0.0477 e. The van der Waals surface area contributed by atoms with Crippen molar-refractivity contribution in [3.63, 3.8) is 0 Å². The average Bonchev–Trinajstić information content (AvgIpc) is 2.09. The van der Waals surface area contributed by atoms with Crippen molar-refractivity contribution in [2.75, 3.05) is 0 Å². The molecule has 0 rings (SSSR count). The molecule has 88 valence electrons. The first-order chi connectivity index (χ1) is 6.27. The Morgan fingerprint density at radius 1 is 0.929 bits per heavy atom. The second-order valence-electron chi connectivity index (χ2n) is 3.83. The lowest BCUT2D eigenvalue weighted by Crippen LogP contribution is -2.10. The lowest BCUT2D eigenvalue weighted by Gasteiger charge is -2.03. The Morgan fingerprint density at radius 2 is 1.36 bits per heavy atom. The van der Waals surface area contributed by atoms with Crippen LogP contribution in [0.25, 0.3) is 0 Å². The molecular weight excluding hydrogens is 214 g/mol. The Hall–Kier alpha value is 0.600. The van der Waals surface area contributed by atoms with Gasteiger partial charge in [0.05, 0.1) is 0 Å². The van der Waals surface area contributed by atoms with E-state index in [9.17, 15) is 0 Å². The molecule has 0 aromatic heterocycles. The standard InChI is InChI=1S/C11H25NS.ClH/c1-2-3-4-5-6-7-8-9-10-11(12)13;/h11,13H,2-10,12H2,1H3;1H. The zero-order valence-corrected chi connectivity index (χ0v) is 11.1. The number of hydrogen-bond donors (Lipinski definition) is 2. The molecule has 0 bridgehead atoms. The van der Waals surface area contributed by atoms with Crippen LogP contribution in [-0.4, -0.2) is 5.37 Å². The van der Waals surface area contributed by atoms with Crippen molar-refractivity contribution in [2.24, 2.45) is 5.73 Å². The SMILES string of the molecule is CCCCCCCCCCC(N)S.Cl. The fourth-order valence-corrected chi connectivity index (χ4v) is 1.67. The van der Waals surface area contributed by atoms with E-state index in [1.165, 1.54) is 51.4 Å². The van der Waals surface area contributed by atoms with Crippen molar-refractivity contribution >= 4 is 25.0 Å². The van der Waals surface area contributed by atoms with Gasteiger partial charge in [-0.25, -0.2) is 0 Å². The number of rotatable bonds is 9. The highest BCUT2D eigenvalue weighted by molar-refractivity contribution is 7.80. The molecule has 0 amide bonds. The van der Waals surface area contributed by atoms with Gasteiger partial charge in [-0.2, -0.15) is 12.6 Å². The molecule has 0 fully saturated rings. The minimum absolute atomic E-state index is 0. The summed E-state index contributed by atoms with van der Waals surface area (Å²) >= 11 is 4.15. The lowest BCUT2D eigenvalue weighted by atomic mass is 10.1. The molecule has 0 heterocycles. The summed E-state index contributed by atoms with van der Waals surface area (Å²) in [6.45, 7) is 2.26. The van der Waals surface area contributed by atoms with Crippen molar-refractivity contribution < 1.29 is 0 Å². The number of thiol groups is 1. The van der Waals surface area contributed by atoms with Crippen molar-refractivity contribution in [3.8, 4) is 0 Å². The average molecular weight is 240 g/mol. The predicted octanol–water partition coefficient (Wildman–Crippen LogP) is 4.15. The van der Waals surface area contributed by atoms with Gasteiger partial charge in [-0.1, -0.05) is 58.3 Å². The Labute approximate surface area is 101 Å². The summed E-state index contributed by atoms with van der Waals surface area (Å²) in [5.74, 6) is 0. The maximum absolute atomic E-state index is 5.54. The third-order valence-electron chi connectivity index (χ3n) is 2.35. The summed E-state index contributed by atoms with van der Waals surface area (Å²) in [5, 5.41) is 0.0973. The zero-order valence-electron chi connectivity index (χ0n) is 9.37. The van der Waals surface area contributed by atoms with Gasteiger partial charge in [-0.3, -0.25) is 0 Å². The van der Waals surface area contributed by atoms with E-state index in [-0.39, 0.29) is 17.8 Å². The molecule has 0 aliphatic heterocycles. The topological polar surface area (TPSA) is 26.0 Å². The van der Waals surface area contributed by atoms with E-state index in [2.05, 4.69) is 19.6 Å². The van der Waals surface area contributed by atoms with E-state index in [1.54, 1.807) is 0 Å². The van der Waals surface area contributed by atoms with Gasteiger partial charge in [-0.15, -0.1) is 12.4 Å². The minimum atomic E-state index is 0. The van der Waals surface area contributed by atoms with Crippen LogP contribution in [0.3, 0.4) is 0 Å². The van der Waals surface area contributed by atoms with E-state index < -0.39 is 0 Å². The van der Waals surface area contributed by atoms with Crippen LogP contribution >= 0.6 is 25.0 Å². The van der Waals surface area contributed by atoms with Gasteiger partial charge in [0.2, 0.25) is 0 Å². The van der Waals surface area contributed by atoms with Crippen LogP contribution in [0.4, 0.5) is 0 Å². The molecule has 3 heteroatoms. The Kier molecular flexibility index (Phi) is 16.5. The molecule has 0 saturated carbocycles. The predicted molar refractivity (Wildman–Crippen MR) is 71.4 cm³/mol. The number of nitrogens with two attached hydrogens (primary N) is 1. The molecule has 1 unspecified atom stereocenters. The van der Waals surface area contributed by atoms with Crippen molar-refractivity contribution in [1.29, 1.82) is 0 Å². The molecule has 0 radical (unpaired) electrons.